The van der Waals surface area contributed by atoms with Crippen LogP contribution in [0.25, 0.3) is 5.57 Å². The van der Waals surface area contributed by atoms with Gasteiger partial charge in [-0.3, -0.25) is 0 Å². The molecular weight excluding hydrogens is 436 g/mol. The lowest BCUT2D eigenvalue weighted by molar-refractivity contribution is 0.507. The van der Waals surface area contributed by atoms with Crippen LogP contribution in [-0.4, -0.2) is 8.80 Å². The molecule has 0 nitrogen and oxygen atoms in total. The summed E-state index contributed by atoms with van der Waals surface area (Å²) in [5.41, 5.74) is 7.78. The Balaban J connectivity index is 1.78. The first-order chi connectivity index (χ1) is 16.7. The van der Waals surface area contributed by atoms with Crippen molar-refractivity contribution in [2.45, 2.75) is 53.9 Å². The number of hydrogen-bond acceptors (Lipinski definition) is 0. The Morgan fingerprint density at radius 3 is 1.69 bits per heavy atom. The largest absolute Gasteiger partial charge is 0.129 e. The fraction of sp³-hybridized carbons (Fsp3) is 0.294. The van der Waals surface area contributed by atoms with Crippen molar-refractivity contribution < 1.29 is 0 Å². The van der Waals surface area contributed by atoms with Gasteiger partial charge in [-0.15, -0.1) is 0 Å². The number of hydrogen-bond donors (Lipinski definition) is 0. The van der Waals surface area contributed by atoms with E-state index in [9.17, 15) is 0 Å². The van der Waals surface area contributed by atoms with E-state index < -0.39 is 8.80 Å². The molecular formula is C34H38Si. The Morgan fingerprint density at radius 1 is 0.629 bits per heavy atom. The maximum atomic E-state index is 2.60. The number of fused-ring (bicyclic) bond motifs is 1. The maximum Gasteiger partial charge on any atom is 0.129 e. The Morgan fingerprint density at radius 2 is 1.14 bits per heavy atom. The number of benzene rings is 3. The molecule has 3 aromatic carbocycles. The van der Waals surface area contributed by atoms with Crippen LogP contribution in [0.2, 0.25) is 0 Å². The van der Waals surface area contributed by atoms with Crippen molar-refractivity contribution in [1.29, 1.82) is 0 Å². The SMILES string of the molecule is CC(C)(C)C1=CCC([SiH](c2ccccc2)c2ccccc2)=C1C1C=C(C(C)(C)C)c2ccccc21. The van der Waals surface area contributed by atoms with Gasteiger partial charge >= 0.3 is 0 Å². The molecule has 1 unspecified atom stereocenters. The molecule has 0 saturated heterocycles. The minimum atomic E-state index is -1.61. The molecule has 1 heteroatoms. The average molecular weight is 475 g/mol. The molecule has 1 atom stereocenters. The summed E-state index contributed by atoms with van der Waals surface area (Å²) in [4.78, 5) is 0. The summed E-state index contributed by atoms with van der Waals surface area (Å²) in [5, 5.41) is 4.72. The van der Waals surface area contributed by atoms with Gasteiger partial charge in [0.2, 0.25) is 0 Å². The molecule has 0 heterocycles. The minimum Gasteiger partial charge on any atom is -0.0768 e. The highest BCUT2D eigenvalue weighted by Crippen LogP contribution is 2.53. The molecule has 0 saturated carbocycles. The van der Waals surface area contributed by atoms with Crippen molar-refractivity contribution in [3.8, 4) is 0 Å². The smallest absolute Gasteiger partial charge is 0.0768 e. The number of rotatable bonds is 4. The maximum absolute atomic E-state index is 2.60. The van der Waals surface area contributed by atoms with Gasteiger partial charge in [0.25, 0.3) is 0 Å². The Bertz CT molecular complexity index is 1270. The van der Waals surface area contributed by atoms with Crippen LogP contribution in [-0.2, 0) is 0 Å². The normalized spacial score (nSPS) is 18.1. The fourth-order valence-corrected chi connectivity index (χ4v) is 9.50. The van der Waals surface area contributed by atoms with Crippen molar-refractivity contribution >= 4 is 24.7 Å². The summed E-state index contributed by atoms with van der Waals surface area (Å²) in [7, 11) is -1.61. The van der Waals surface area contributed by atoms with Crippen LogP contribution in [0.1, 0.15) is 65.0 Å². The third-order valence-corrected chi connectivity index (χ3v) is 11.0. The lowest BCUT2D eigenvalue weighted by Crippen LogP contribution is -2.44. The van der Waals surface area contributed by atoms with Crippen LogP contribution in [0.4, 0.5) is 0 Å². The lowest BCUT2D eigenvalue weighted by atomic mass is 9.78. The van der Waals surface area contributed by atoms with E-state index in [1.807, 2.05) is 0 Å². The van der Waals surface area contributed by atoms with E-state index in [-0.39, 0.29) is 10.8 Å². The van der Waals surface area contributed by atoms with Crippen LogP contribution in [0.3, 0.4) is 0 Å². The van der Waals surface area contributed by atoms with Gasteiger partial charge in [0.1, 0.15) is 8.80 Å². The molecule has 0 N–H and O–H groups in total. The van der Waals surface area contributed by atoms with E-state index in [4.69, 9.17) is 0 Å². The first kappa shape index (κ1) is 23.8. The summed E-state index contributed by atoms with van der Waals surface area (Å²) in [6.07, 6.45) is 6.23. The van der Waals surface area contributed by atoms with E-state index in [2.05, 4.69) is 139 Å². The van der Waals surface area contributed by atoms with Crippen LogP contribution in [0.5, 0.6) is 0 Å². The van der Waals surface area contributed by atoms with Crippen LogP contribution in [0.15, 0.2) is 113 Å². The molecule has 0 fully saturated rings. The summed E-state index contributed by atoms with van der Waals surface area (Å²) in [6.45, 7) is 14.2. The van der Waals surface area contributed by atoms with Crippen molar-refractivity contribution in [2.24, 2.45) is 10.8 Å². The van der Waals surface area contributed by atoms with Gasteiger partial charge in [0, 0.05) is 5.92 Å². The zero-order chi connectivity index (χ0) is 24.8. The molecule has 3 aromatic rings. The van der Waals surface area contributed by atoms with Gasteiger partial charge in [-0.2, -0.15) is 0 Å². The zero-order valence-corrected chi connectivity index (χ0v) is 23.3. The summed E-state index contributed by atoms with van der Waals surface area (Å²) in [5.74, 6) is 0.325. The minimum absolute atomic E-state index is 0.108. The second-order valence-corrected chi connectivity index (χ2v) is 15.1. The van der Waals surface area contributed by atoms with Crippen LogP contribution < -0.4 is 10.4 Å². The average Bonchev–Trinajstić information content (AvgIpc) is 3.42. The molecule has 35 heavy (non-hydrogen) atoms. The van der Waals surface area contributed by atoms with Crippen molar-refractivity contribution in [1.82, 2.24) is 0 Å². The third-order valence-electron chi connectivity index (χ3n) is 7.62. The van der Waals surface area contributed by atoms with E-state index in [0.717, 1.165) is 6.42 Å². The molecule has 0 spiro atoms. The summed E-state index contributed by atoms with van der Waals surface area (Å²) < 4.78 is 0. The van der Waals surface area contributed by atoms with E-state index in [0.29, 0.717) is 5.92 Å². The molecule has 2 aliphatic carbocycles. The molecule has 178 valence electrons. The van der Waals surface area contributed by atoms with Crippen LogP contribution >= 0.6 is 0 Å². The first-order valence-corrected chi connectivity index (χ1v) is 14.7. The quantitative estimate of drug-likeness (QED) is 0.344. The monoisotopic (exact) mass is 474 g/mol. The topological polar surface area (TPSA) is 0 Å². The number of allylic oxidation sites excluding steroid dienone is 6. The highest BCUT2D eigenvalue weighted by atomic mass is 28.3. The Labute approximate surface area is 213 Å². The van der Waals surface area contributed by atoms with Crippen LogP contribution in [0, 0.1) is 10.8 Å². The Hall–Kier alpha value is -2.90. The fourth-order valence-electron chi connectivity index (χ4n) is 6.09. The summed E-state index contributed by atoms with van der Waals surface area (Å²) in [6, 6.07) is 31.8. The molecule has 0 radical (unpaired) electrons. The summed E-state index contributed by atoms with van der Waals surface area (Å²) >= 11 is 0. The third kappa shape index (κ3) is 4.43. The first-order valence-electron chi connectivity index (χ1n) is 13.0. The Kier molecular flexibility index (Phi) is 6.09. The molecule has 0 amide bonds. The van der Waals surface area contributed by atoms with Crippen molar-refractivity contribution in [3.05, 3.63) is 125 Å². The van der Waals surface area contributed by atoms with E-state index in [1.165, 1.54) is 27.1 Å². The van der Waals surface area contributed by atoms with E-state index >= 15 is 0 Å². The molecule has 0 aromatic heterocycles. The second-order valence-electron chi connectivity index (χ2n) is 12.2. The predicted molar refractivity (Wildman–Crippen MR) is 155 cm³/mol. The van der Waals surface area contributed by atoms with Gasteiger partial charge in [-0.25, -0.2) is 0 Å². The van der Waals surface area contributed by atoms with Gasteiger partial charge < -0.3 is 0 Å². The molecule has 0 aliphatic heterocycles. The highest BCUT2D eigenvalue weighted by molar-refractivity contribution is 6.91. The van der Waals surface area contributed by atoms with Gasteiger partial charge in [0.05, 0.1) is 0 Å². The molecule has 0 bridgehead atoms. The second kappa shape index (κ2) is 8.95. The lowest BCUT2D eigenvalue weighted by Gasteiger charge is -2.30. The zero-order valence-electron chi connectivity index (χ0n) is 22.1. The van der Waals surface area contributed by atoms with Gasteiger partial charge in [-0.05, 0) is 45.1 Å². The van der Waals surface area contributed by atoms with Crippen molar-refractivity contribution in [3.63, 3.8) is 0 Å². The van der Waals surface area contributed by atoms with E-state index in [1.54, 1.807) is 16.3 Å². The molecule has 5 rings (SSSR count). The molecule has 2 aliphatic rings. The van der Waals surface area contributed by atoms with Crippen molar-refractivity contribution in [2.75, 3.05) is 0 Å². The van der Waals surface area contributed by atoms with Gasteiger partial charge in [-0.1, -0.05) is 154 Å². The standard InChI is InChI=1S/C34H38Si/c1-33(2,3)29-21-22-31(35(24-15-9-7-10-16-24)25-17-11-8-12-18-25)32(29)28-23-30(34(4,5)6)27-20-14-13-19-26(27)28/h7-21,23,28,35H,22H2,1-6H3. The predicted octanol–water partition coefficient (Wildman–Crippen LogP) is 7.47. The highest BCUT2D eigenvalue weighted by Gasteiger charge is 2.39. The van der Waals surface area contributed by atoms with Gasteiger partial charge in [0.15, 0.2) is 0 Å².